The maximum atomic E-state index is 13.0. The number of carbonyl (C=O) groups is 3. The van der Waals surface area contributed by atoms with Gasteiger partial charge < -0.3 is 30.6 Å². The molecule has 4 rings (SSSR count). The van der Waals surface area contributed by atoms with Gasteiger partial charge in [0.05, 0.1) is 17.6 Å². The highest BCUT2D eigenvalue weighted by Crippen LogP contribution is 2.25. The largest absolute Gasteiger partial charge is 0.459 e. The third-order valence-corrected chi connectivity index (χ3v) is 6.69. The molecule has 9 nitrogen and oxygen atoms in total. The van der Waals surface area contributed by atoms with Crippen LogP contribution < -0.4 is 21.3 Å². The van der Waals surface area contributed by atoms with Crippen molar-refractivity contribution in [2.24, 2.45) is 0 Å². The Hall–Kier alpha value is -4.27. The Morgan fingerprint density at radius 1 is 0.895 bits per heavy atom. The van der Waals surface area contributed by atoms with Crippen LogP contribution in [-0.4, -0.2) is 54.8 Å². The first-order valence-corrected chi connectivity index (χ1v) is 12.9. The molecule has 0 saturated carbocycles. The number of furan rings is 1. The van der Waals surface area contributed by atoms with Gasteiger partial charge in [-0.3, -0.25) is 14.4 Å². The molecule has 1 aliphatic heterocycles. The van der Waals surface area contributed by atoms with Crippen LogP contribution in [0.25, 0.3) is 0 Å². The van der Waals surface area contributed by atoms with Gasteiger partial charge in [-0.2, -0.15) is 0 Å². The lowest BCUT2D eigenvalue weighted by atomic mass is 10.0. The van der Waals surface area contributed by atoms with E-state index >= 15 is 0 Å². The number of nitrogens with zero attached hydrogens (tertiary/aromatic N) is 1. The number of amides is 3. The minimum Gasteiger partial charge on any atom is -0.459 e. The van der Waals surface area contributed by atoms with E-state index in [9.17, 15) is 14.4 Å². The van der Waals surface area contributed by atoms with Gasteiger partial charge >= 0.3 is 0 Å². The molecule has 200 valence electrons. The van der Waals surface area contributed by atoms with E-state index in [1.54, 1.807) is 42.2 Å². The summed E-state index contributed by atoms with van der Waals surface area (Å²) < 4.78 is 5.23. The van der Waals surface area contributed by atoms with Crippen molar-refractivity contribution in [2.45, 2.75) is 39.7 Å². The van der Waals surface area contributed by atoms with Gasteiger partial charge in [0.2, 0.25) is 5.91 Å². The van der Waals surface area contributed by atoms with Crippen LogP contribution in [0.3, 0.4) is 0 Å². The molecule has 3 amide bonds. The van der Waals surface area contributed by atoms with Crippen LogP contribution in [0.15, 0.2) is 59.2 Å². The molecule has 2 heterocycles. The maximum absolute atomic E-state index is 13.0. The molecule has 9 heteroatoms. The van der Waals surface area contributed by atoms with Gasteiger partial charge in [-0.25, -0.2) is 0 Å². The smallest absolute Gasteiger partial charge is 0.291 e. The fraction of sp³-hybridized carbons (Fsp3) is 0.345. The predicted octanol–water partition coefficient (Wildman–Crippen LogP) is 4.41. The molecule has 4 N–H and O–H groups in total. The van der Waals surface area contributed by atoms with Crippen molar-refractivity contribution in [3.05, 3.63) is 77.2 Å². The van der Waals surface area contributed by atoms with Crippen molar-refractivity contribution < 1.29 is 18.8 Å². The van der Waals surface area contributed by atoms with E-state index in [-0.39, 0.29) is 23.6 Å². The quantitative estimate of drug-likeness (QED) is 0.313. The monoisotopic (exact) mass is 517 g/mol. The Bertz CT molecular complexity index is 1280. The summed E-state index contributed by atoms with van der Waals surface area (Å²) in [7, 11) is 0. The molecule has 0 unspecified atom stereocenters. The molecule has 0 aliphatic carbocycles. The van der Waals surface area contributed by atoms with E-state index in [0.717, 1.165) is 5.69 Å². The van der Waals surface area contributed by atoms with Gasteiger partial charge in [-0.1, -0.05) is 17.7 Å². The average molecular weight is 518 g/mol. The highest BCUT2D eigenvalue weighted by molar-refractivity contribution is 6.05. The lowest BCUT2D eigenvalue weighted by molar-refractivity contribution is -0.129. The minimum atomic E-state index is -0.402. The third-order valence-electron chi connectivity index (χ3n) is 6.69. The fourth-order valence-corrected chi connectivity index (χ4v) is 4.55. The normalized spacial score (nSPS) is 13.6. The van der Waals surface area contributed by atoms with E-state index in [1.165, 1.54) is 17.4 Å². The molecule has 3 aromatic rings. The second-order valence-corrected chi connectivity index (χ2v) is 9.62. The van der Waals surface area contributed by atoms with Crippen molar-refractivity contribution in [3.8, 4) is 0 Å². The Kier molecular flexibility index (Phi) is 8.68. The van der Waals surface area contributed by atoms with Crippen LogP contribution in [0.4, 0.5) is 17.1 Å². The number of aryl methyl sites for hydroxylation is 2. The zero-order chi connectivity index (χ0) is 27.1. The number of carbonyl (C=O) groups excluding carboxylic acids is 3. The van der Waals surface area contributed by atoms with Crippen molar-refractivity contribution in [2.75, 3.05) is 42.1 Å². The van der Waals surface area contributed by atoms with E-state index < -0.39 is 5.91 Å². The summed E-state index contributed by atoms with van der Waals surface area (Å²) in [5.41, 5.74) is 5.08. The molecular weight excluding hydrogens is 482 g/mol. The van der Waals surface area contributed by atoms with Gasteiger partial charge in [0, 0.05) is 50.4 Å². The number of piperidine rings is 1. The maximum Gasteiger partial charge on any atom is 0.291 e. The molecule has 0 spiro atoms. The Labute approximate surface area is 223 Å². The van der Waals surface area contributed by atoms with Crippen LogP contribution in [0.5, 0.6) is 0 Å². The molecule has 0 radical (unpaired) electrons. The van der Waals surface area contributed by atoms with Crippen molar-refractivity contribution in [1.29, 1.82) is 0 Å². The first-order valence-electron chi connectivity index (χ1n) is 12.9. The first kappa shape index (κ1) is 26.8. The molecule has 1 aliphatic rings. The number of hydrogen-bond donors (Lipinski definition) is 4. The highest BCUT2D eigenvalue weighted by Gasteiger charge is 2.23. The van der Waals surface area contributed by atoms with Gasteiger partial charge in [-0.15, -0.1) is 0 Å². The predicted molar refractivity (Wildman–Crippen MR) is 149 cm³/mol. The first-order chi connectivity index (χ1) is 18.3. The molecule has 2 aromatic carbocycles. The topological polar surface area (TPSA) is 116 Å². The Morgan fingerprint density at radius 3 is 2.26 bits per heavy atom. The lowest BCUT2D eigenvalue weighted by Crippen LogP contribution is -2.46. The number of anilines is 3. The second kappa shape index (κ2) is 12.3. The van der Waals surface area contributed by atoms with E-state index in [1.807, 2.05) is 0 Å². The van der Waals surface area contributed by atoms with Crippen LogP contribution >= 0.6 is 0 Å². The average Bonchev–Trinajstić information content (AvgIpc) is 3.44. The van der Waals surface area contributed by atoms with Crippen LogP contribution in [0.2, 0.25) is 0 Å². The summed E-state index contributed by atoms with van der Waals surface area (Å²) in [4.78, 5) is 39.1. The summed E-state index contributed by atoms with van der Waals surface area (Å²) in [5, 5.41) is 12.7. The Morgan fingerprint density at radius 2 is 1.61 bits per heavy atom. The van der Waals surface area contributed by atoms with Gasteiger partial charge in [0.1, 0.15) is 0 Å². The lowest BCUT2D eigenvalue weighted by Gasteiger charge is -2.31. The van der Waals surface area contributed by atoms with Crippen LogP contribution in [0, 0.1) is 13.8 Å². The van der Waals surface area contributed by atoms with E-state index in [2.05, 4.69) is 53.3 Å². The summed E-state index contributed by atoms with van der Waals surface area (Å²) in [5.74, 6) is -0.387. The van der Waals surface area contributed by atoms with E-state index in [0.29, 0.717) is 56.0 Å². The summed E-state index contributed by atoms with van der Waals surface area (Å²) in [6.45, 7) is 8.22. The molecule has 1 saturated heterocycles. The number of likely N-dealkylation sites (tertiary alicyclic amines) is 1. The number of benzene rings is 2. The summed E-state index contributed by atoms with van der Waals surface area (Å²) in [6.07, 6.45) is 2.86. The summed E-state index contributed by atoms with van der Waals surface area (Å²) in [6, 6.07) is 14.7. The Balaban J connectivity index is 1.42. The van der Waals surface area contributed by atoms with Gasteiger partial charge in [0.15, 0.2) is 5.76 Å². The highest BCUT2D eigenvalue weighted by atomic mass is 16.3. The van der Waals surface area contributed by atoms with Gasteiger partial charge in [0.25, 0.3) is 11.8 Å². The SMILES string of the molecule is CC(=O)N1CCC(NC(=O)c2ccc(NCCNc3ccc(C)cc3C)c(NC(=O)c3ccco3)c2)CC1. The van der Waals surface area contributed by atoms with Gasteiger partial charge in [-0.05, 0) is 68.7 Å². The second-order valence-electron chi connectivity index (χ2n) is 9.62. The zero-order valence-electron chi connectivity index (χ0n) is 22.1. The fourth-order valence-electron chi connectivity index (χ4n) is 4.55. The molecule has 0 atom stereocenters. The van der Waals surface area contributed by atoms with Crippen LogP contribution in [-0.2, 0) is 4.79 Å². The molecular formula is C29H35N5O4. The number of nitrogens with one attached hydrogen (secondary N) is 4. The third kappa shape index (κ3) is 6.94. The van der Waals surface area contributed by atoms with E-state index in [4.69, 9.17) is 4.42 Å². The number of rotatable bonds is 9. The van der Waals surface area contributed by atoms with Crippen LogP contribution in [0.1, 0.15) is 51.8 Å². The minimum absolute atomic E-state index is 0.00614. The number of hydrogen-bond acceptors (Lipinski definition) is 6. The standard InChI is InChI=1S/C29H35N5O4/c1-19-6-8-24(20(2)17-19)30-12-13-31-25-9-7-22(18-26(25)33-29(37)27-5-4-16-38-27)28(36)32-23-10-14-34(15-11-23)21(3)35/h4-9,16-18,23,30-31H,10-15H2,1-3H3,(H,32,36)(H,33,37). The zero-order valence-corrected chi connectivity index (χ0v) is 22.1. The molecule has 1 aromatic heterocycles. The molecule has 38 heavy (non-hydrogen) atoms. The molecule has 1 fully saturated rings. The van der Waals surface area contributed by atoms with Crippen molar-refractivity contribution in [1.82, 2.24) is 10.2 Å². The van der Waals surface area contributed by atoms with Crippen molar-refractivity contribution >= 4 is 34.8 Å². The van der Waals surface area contributed by atoms with Crippen molar-refractivity contribution in [3.63, 3.8) is 0 Å². The summed E-state index contributed by atoms with van der Waals surface area (Å²) >= 11 is 0. The molecule has 0 bridgehead atoms.